The van der Waals surface area contributed by atoms with Gasteiger partial charge in [-0.25, -0.2) is 4.39 Å². The lowest BCUT2D eigenvalue weighted by Crippen LogP contribution is -2.33. The fourth-order valence-electron chi connectivity index (χ4n) is 3.41. The molecule has 1 aromatic heterocycles. The van der Waals surface area contributed by atoms with E-state index in [1.165, 1.54) is 25.1 Å². The maximum atomic E-state index is 13.6. The zero-order valence-electron chi connectivity index (χ0n) is 16.4. The molecule has 2 amide bonds. The van der Waals surface area contributed by atoms with Gasteiger partial charge in [-0.3, -0.25) is 14.4 Å². The zero-order valence-corrected chi connectivity index (χ0v) is 16.4. The Labute approximate surface area is 167 Å². The van der Waals surface area contributed by atoms with Crippen molar-refractivity contribution in [2.45, 2.75) is 33.3 Å². The number of H-pyrrole nitrogens is 1. The molecular weight excluding hydrogens is 377 g/mol. The summed E-state index contributed by atoms with van der Waals surface area (Å²) in [5, 5.41) is 15.1. The van der Waals surface area contributed by atoms with E-state index in [0.717, 1.165) is 0 Å². The van der Waals surface area contributed by atoms with E-state index in [0.29, 0.717) is 39.3 Å². The van der Waals surface area contributed by atoms with E-state index in [1.807, 2.05) is 0 Å². The lowest BCUT2D eigenvalue weighted by atomic mass is 10.0. The first-order valence-corrected chi connectivity index (χ1v) is 9.15. The second-order valence-electron chi connectivity index (χ2n) is 7.14. The van der Waals surface area contributed by atoms with Crippen LogP contribution in [0.5, 0.6) is 0 Å². The predicted octanol–water partition coefficient (Wildman–Crippen LogP) is 2.33. The van der Waals surface area contributed by atoms with E-state index in [-0.39, 0.29) is 24.7 Å². The Morgan fingerprint density at radius 2 is 2.03 bits per heavy atom. The van der Waals surface area contributed by atoms with Crippen molar-refractivity contribution < 1.29 is 23.9 Å². The van der Waals surface area contributed by atoms with E-state index in [2.05, 4.69) is 15.6 Å². The molecule has 8 heteroatoms. The number of aromatic amines is 1. The Balaban J connectivity index is 1.86. The molecule has 0 spiro atoms. The Kier molecular flexibility index (Phi) is 5.65. The summed E-state index contributed by atoms with van der Waals surface area (Å²) in [4.78, 5) is 39.0. The molecule has 0 fully saturated rings. The summed E-state index contributed by atoms with van der Waals surface area (Å²) in [5.41, 5.74) is 3.44. The molecule has 1 aliphatic rings. The molecule has 152 valence electrons. The van der Waals surface area contributed by atoms with Gasteiger partial charge in [-0.1, -0.05) is 0 Å². The Morgan fingerprint density at radius 3 is 2.72 bits per heavy atom. The molecule has 1 aromatic carbocycles. The molecule has 0 radical (unpaired) electrons. The van der Waals surface area contributed by atoms with Crippen molar-refractivity contribution in [3.05, 3.63) is 52.1 Å². The van der Waals surface area contributed by atoms with Crippen LogP contribution in [0.3, 0.4) is 0 Å². The van der Waals surface area contributed by atoms with Crippen molar-refractivity contribution in [3.63, 3.8) is 0 Å². The molecule has 1 atom stereocenters. The molecule has 1 unspecified atom stereocenters. The smallest absolute Gasteiger partial charge is 0.256 e. The minimum absolute atomic E-state index is 0.0339. The van der Waals surface area contributed by atoms with Gasteiger partial charge < -0.3 is 20.7 Å². The van der Waals surface area contributed by atoms with Gasteiger partial charge in [-0.05, 0) is 50.6 Å². The number of hydrogen-bond acceptors (Lipinski definition) is 4. The number of aliphatic hydroxyl groups excluding tert-OH is 1. The number of aliphatic hydroxyl groups is 1. The highest BCUT2D eigenvalue weighted by Gasteiger charge is 2.26. The van der Waals surface area contributed by atoms with Gasteiger partial charge in [0.05, 0.1) is 17.2 Å². The number of amides is 2. The van der Waals surface area contributed by atoms with Gasteiger partial charge in [0, 0.05) is 35.6 Å². The van der Waals surface area contributed by atoms with Crippen LogP contribution in [0.15, 0.2) is 18.2 Å². The number of rotatable bonds is 6. The largest absolute Gasteiger partial charge is 0.391 e. The van der Waals surface area contributed by atoms with Gasteiger partial charge in [0.2, 0.25) is 0 Å². The first-order chi connectivity index (χ1) is 13.7. The summed E-state index contributed by atoms with van der Waals surface area (Å²) >= 11 is 0. The Bertz CT molecular complexity index is 1040. The first-order valence-electron chi connectivity index (χ1n) is 9.15. The number of carbonyl (C=O) groups excluding carboxylic acids is 3. The predicted molar refractivity (Wildman–Crippen MR) is 107 cm³/mol. The Hall–Kier alpha value is -3.26. The lowest BCUT2D eigenvalue weighted by Gasteiger charge is -2.10. The number of benzene rings is 1. The molecule has 29 heavy (non-hydrogen) atoms. The summed E-state index contributed by atoms with van der Waals surface area (Å²) in [7, 11) is 0. The van der Waals surface area contributed by atoms with Gasteiger partial charge in [-0.15, -0.1) is 0 Å². The fourth-order valence-corrected chi connectivity index (χ4v) is 3.41. The number of hydrogen-bond donors (Lipinski definition) is 4. The molecule has 0 saturated heterocycles. The molecule has 2 aromatic rings. The zero-order chi connectivity index (χ0) is 21.3. The molecule has 4 N–H and O–H groups in total. The first kappa shape index (κ1) is 20.5. The second-order valence-corrected chi connectivity index (χ2v) is 7.14. The number of anilines is 1. The summed E-state index contributed by atoms with van der Waals surface area (Å²) in [6, 6.07) is 4.06. The standard InChI is InChI=1S/C21H22FN3O4/c1-10(26)6-14(27)9-23-21(29)19-11(2)18(24-12(19)3)8-16-15-7-13(22)4-5-17(15)25-20(16)28/h4-5,7-8,14,24,27H,6,9H2,1-3H3,(H,23,29)(H,25,28)/b16-8-. The molecule has 0 bridgehead atoms. The van der Waals surface area contributed by atoms with Crippen LogP contribution in [0.4, 0.5) is 10.1 Å². The number of aryl methyl sites for hydroxylation is 1. The summed E-state index contributed by atoms with van der Waals surface area (Å²) in [6.07, 6.45) is 0.601. The van der Waals surface area contributed by atoms with Gasteiger partial charge in [0.25, 0.3) is 11.8 Å². The topological polar surface area (TPSA) is 111 Å². The maximum absolute atomic E-state index is 13.6. The van der Waals surface area contributed by atoms with Crippen LogP contribution < -0.4 is 10.6 Å². The van der Waals surface area contributed by atoms with E-state index >= 15 is 0 Å². The monoisotopic (exact) mass is 399 g/mol. The highest BCUT2D eigenvalue weighted by atomic mass is 19.1. The molecule has 3 rings (SSSR count). The molecule has 0 aliphatic carbocycles. The molecule has 2 heterocycles. The minimum atomic E-state index is -0.953. The van der Waals surface area contributed by atoms with Crippen LogP contribution in [-0.4, -0.2) is 40.3 Å². The number of halogens is 1. The van der Waals surface area contributed by atoms with Gasteiger partial charge in [0.1, 0.15) is 11.6 Å². The van der Waals surface area contributed by atoms with Crippen molar-refractivity contribution >= 4 is 34.9 Å². The van der Waals surface area contributed by atoms with Crippen molar-refractivity contribution in [1.82, 2.24) is 10.3 Å². The quantitative estimate of drug-likeness (QED) is 0.559. The number of fused-ring (bicyclic) bond motifs is 1. The second kappa shape index (κ2) is 8.00. The number of carbonyl (C=O) groups is 3. The number of nitrogens with one attached hydrogen (secondary N) is 3. The highest BCUT2D eigenvalue weighted by Crippen LogP contribution is 2.34. The van der Waals surface area contributed by atoms with Crippen LogP contribution in [-0.2, 0) is 9.59 Å². The van der Waals surface area contributed by atoms with Crippen molar-refractivity contribution in [2.75, 3.05) is 11.9 Å². The van der Waals surface area contributed by atoms with Gasteiger partial charge >= 0.3 is 0 Å². The van der Waals surface area contributed by atoms with Gasteiger partial charge in [-0.2, -0.15) is 0 Å². The summed E-state index contributed by atoms with van der Waals surface area (Å²) < 4.78 is 13.6. The van der Waals surface area contributed by atoms with Crippen molar-refractivity contribution in [1.29, 1.82) is 0 Å². The number of aromatic nitrogens is 1. The van der Waals surface area contributed by atoms with E-state index in [9.17, 15) is 23.9 Å². The van der Waals surface area contributed by atoms with E-state index in [4.69, 9.17) is 0 Å². The normalized spacial score (nSPS) is 15.2. The molecule has 1 aliphatic heterocycles. The third-order valence-corrected chi connectivity index (χ3v) is 4.78. The van der Waals surface area contributed by atoms with Crippen LogP contribution in [0.25, 0.3) is 11.6 Å². The van der Waals surface area contributed by atoms with Crippen LogP contribution in [0, 0.1) is 19.7 Å². The maximum Gasteiger partial charge on any atom is 0.256 e. The minimum Gasteiger partial charge on any atom is -0.391 e. The number of Topliss-reactive ketones (excluding diaryl/α,β-unsaturated/α-hetero) is 1. The van der Waals surface area contributed by atoms with Crippen LogP contribution in [0.1, 0.15) is 46.2 Å². The van der Waals surface area contributed by atoms with Crippen LogP contribution >= 0.6 is 0 Å². The third kappa shape index (κ3) is 4.27. The number of ketones is 1. The highest BCUT2D eigenvalue weighted by molar-refractivity contribution is 6.34. The van der Waals surface area contributed by atoms with Crippen molar-refractivity contribution in [2.24, 2.45) is 0 Å². The van der Waals surface area contributed by atoms with E-state index in [1.54, 1.807) is 19.9 Å². The third-order valence-electron chi connectivity index (χ3n) is 4.78. The summed E-state index contributed by atoms with van der Waals surface area (Å²) in [6.45, 7) is 4.77. The van der Waals surface area contributed by atoms with Gasteiger partial charge in [0.15, 0.2) is 0 Å². The molecule has 0 saturated carbocycles. The lowest BCUT2D eigenvalue weighted by molar-refractivity contribution is -0.118. The summed E-state index contributed by atoms with van der Waals surface area (Å²) in [5.74, 6) is -1.36. The van der Waals surface area contributed by atoms with Crippen molar-refractivity contribution in [3.8, 4) is 0 Å². The van der Waals surface area contributed by atoms with E-state index < -0.39 is 17.8 Å². The molecular formula is C21H22FN3O4. The average Bonchev–Trinajstić information content (AvgIpc) is 3.08. The fraction of sp³-hybridized carbons (Fsp3) is 0.286. The average molecular weight is 399 g/mol. The SMILES string of the molecule is CC(=O)CC(O)CNC(=O)c1c(C)[nH]c(/C=C2\C(=O)Nc3ccc(F)cc32)c1C. The van der Waals surface area contributed by atoms with Crippen LogP contribution in [0.2, 0.25) is 0 Å². The Morgan fingerprint density at radius 1 is 1.31 bits per heavy atom. The molecule has 7 nitrogen and oxygen atoms in total.